The van der Waals surface area contributed by atoms with E-state index in [0.717, 1.165) is 6.42 Å². The summed E-state index contributed by atoms with van der Waals surface area (Å²) < 4.78 is 33.1. The number of rotatable bonds is 6. The number of nitrogens with one attached hydrogen (secondary N) is 1. The lowest BCUT2D eigenvalue weighted by Gasteiger charge is -2.27. The van der Waals surface area contributed by atoms with Crippen molar-refractivity contribution in [2.24, 2.45) is 0 Å². The number of aryl methyl sites for hydroxylation is 1. The third-order valence-corrected chi connectivity index (χ3v) is 8.15. The summed E-state index contributed by atoms with van der Waals surface area (Å²) in [7, 11) is -3.75. The molecule has 2 amide bonds. The van der Waals surface area contributed by atoms with Crippen LogP contribution in [0.2, 0.25) is 5.02 Å². The van der Waals surface area contributed by atoms with Gasteiger partial charge in [0.05, 0.1) is 28.8 Å². The molecule has 2 saturated heterocycles. The van der Waals surface area contributed by atoms with Gasteiger partial charge in [-0.3, -0.25) is 9.59 Å². The van der Waals surface area contributed by atoms with Crippen LogP contribution in [0.1, 0.15) is 35.7 Å². The number of benzene rings is 2. The van der Waals surface area contributed by atoms with E-state index < -0.39 is 15.9 Å². The first-order valence-electron chi connectivity index (χ1n) is 10.9. The van der Waals surface area contributed by atoms with Crippen LogP contribution in [0.5, 0.6) is 0 Å². The number of amides is 2. The van der Waals surface area contributed by atoms with E-state index >= 15 is 0 Å². The molecule has 0 radical (unpaired) electrons. The average Bonchev–Trinajstić information content (AvgIpc) is 3.24. The molecule has 4 rings (SSSR count). The first-order valence-corrected chi connectivity index (χ1v) is 12.7. The normalized spacial score (nSPS) is 17.4. The fraction of sp³-hybridized carbons (Fsp3) is 0.391. The van der Waals surface area contributed by atoms with Crippen molar-refractivity contribution in [3.05, 3.63) is 52.5 Å². The maximum atomic E-state index is 13.2. The van der Waals surface area contributed by atoms with Gasteiger partial charge < -0.3 is 15.0 Å². The molecule has 1 N–H and O–H groups in total. The number of anilines is 2. The van der Waals surface area contributed by atoms with Crippen LogP contribution in [-0.4, -0.2) is 57.4 Å². The van der Waals surface area contributed by atoms with Gasteiger partial charge >= 0.3 is 0 Å². The van der Waals surface area contributed by atoms with Gasteiger partial charge in [-0.1, -0.05) is 24.6 Å². The van der Waals surface area contributed by atoms with Crippen LogP contribution in [0.25, 0.3) is 0 Å². The molecule has 8 nitrogen and oxygen atoms in total. The van der Waals surface area contributed by atoms with Crippen molar-refractivity contribution in [2.45, 2.75) is 31.1 Å². The lowest BCUT2D eigenvalue weighted by molar-refractivity contribution is -0.117. The minimum atomic E-state index is -3.75. The highest BCUT2D eigenvalue weighted by atomic mass is 35.5. The average molecular weight is 492 g/mol. The second-order valence-electron chi connectivity index (χ2n) is 7.96. The molecule has 0 aliphatic carbocycles. The van der Waals surface area contributed by atoms with Gasteiger partial charge in [-0.05, 0) is 48.7 Å². The lowest BCUT2D eigenvalue weighted by Crippen LogP contribution is -2.41. The molecule has 2 aromatic rings. The van der Waals surface area contributed by atoms with E-state index in [9.17, 15) is 18.0 Å². The van der Waals surface area contributed by atoms with Crippen LogP contribution in [0, 0.1) is 0 Å². The van der Waals surface area contributed by atoms with Gasteiger partial charge in [-0.25, -0.2) is 8.42 Å². The van der Waals surface area contributed by atoms with Crippen molar-refractivity contribution >= 4 is 44.8 Å². The Morgan fingerprint density at radius 3 is 2.52 bits per heavy atom. The quantitative estimate of drug-likeness (QED) is 0.668. The topological polar surface area (TPSA) is 96.0 Å². The number of morpholine rings is 1. The molecule has 0 bridgehead atoms. The Morgan fingerprint density at radius 2 is 1.88 bits per heavy atom. The largest absolute Gasteiger partial charge is 0.379 e. The molecule has 10 heteroatoms. The molecular weight excluding hydrogens is 466 g/mol. The fourth-order valence-corrected chi connectivity index (χ4v) is 6.07. The van der Waals surface area contributed by atoms with Crippen LogP contribution in [0.3, 0.4) is 0 Å². The van der Waals surface area contributed by atoms with Crippen molar-refractivity contribution < 1.29 is 22.7 Å². The highest BCUT2D eigenvalue weighted by Crippen LogP contribution is 2.32. The van der Waals surface area contributed by atoms with E-state index in [1.807, 2.05) is 6.92 Å². The Kier molecular flexibility index (Phi) is 7.04. The first kappa shape index (κ1) is 23.7. The minimum Gasteiger partial charge on any atom is -0.379 e. The molecule has 176 valence electrons. The zero-order valence-corrected chi connectivity index (χ0v) is 19.9. The van der Waals surface area contributed by atoms with E-state index in [1.165, 1.54) is 10.4 Å². The third kappa shape index (κ3) is 4.91. The van der Waals surface area contributed by atoms with Crippen molar-refractivity contribution in [3.63, 3.8) is 0 Å². The number of carbonyl (C=O) groups is 2. The van der Waals surface area contributed by atoms with Gasteiger partial charge in [0.15, 0.2) is 0 Å². The van der Waals surface area contributed by atoms with E-state index in [1.54, 1.807) is 35.2 Å². The van der Waals surface area contributed by atoms with Crippen LogP contribution in [-0.2, 0) is 26.0 Å². The zero-order valence-electron chi connectivity index (χ0n) is 18.3. The van der Waals surface area contributed by atoms with E-state index in [0.29, 0.717) is 54.6 Å². The molecule has 0 unspecified atom stereocenters. The summed E-state index contributed by atoms with van der Waals surface area (Å²) in [4.78, 5) is 26.7. The summed E-state index contributed by atoms with van der Waals surface area (Å²) >= 11 is 6.37. The Morgan fingerprint density at radius 1 is 1.12 bits per heavy atom. The van der Waals surface area contributed by atoms with Gasteiger partial charge in [0.1, 0.15) is 0 Å². The molecule has 33 heavy (non-hydrogen) atoms. The Hall–Kier alpha value is -2.46. The second kappa shape index (κ2) is 9.80. The molecule has 2 fully saturated rings. The van der Waals surface area contributed by atoms with Crippen molar-refractivity contribution in [1.82, 2.24) is 4.31 Å². The number of sulfonamides is 1. The van der Waals surface area contributed by atoms with Crippen molar-refractivity contribution in [3.8, 4) is 0 Å². The van der Waals surface area contributed by atoms with E-state index in [-0.39, 0.29) is 29.5 Å². The highest BCUT2D eigenvalue weighted by Gasteiger charge is 2.29. The molecule has 2 aliphatic heterocycles. The SMILES string of the molecule is CCc1ccc(C(=O)Nc2ccc(N3CCCC3=O)c(Cl)c2)cc1S(=O)(=O)N1CCOCC1. The summed E-state index contributed by atoms with van der Waals surface area (Å²) in [5.74, 6) is -0.421. The third-order valence-electron chi connectivity index (χ3n) is 5.87. The molecule has 0 spiro atoms. The van der Waals surface area contributed by atoms with Crippen LogP contribution < -0.4 is 10.2 Å². The van der Waals surface area contributed by atoms with E-state index in [2.05, 4.69) is 5.32 Å². The number of carbonyl (C=O) groups excluding carboxylic acids is 2. The summed E-state index contributed by atoms with van der Waals surface area (Å²) in [5, 5.41) is 3.13. The summed E-state index contributed by atoms with van der Waals surface area (Å²) in [5.41, 5.74) is 1.95. The second-order valence-corrected chi connectivity index (χ2v) is 10.3. The Bertz CT molecular complexity index is 1180. The predicted molar refractivity (Wildman–Crippen MR) is 126 cm³/mol. The van der Waals surface area contributed by atoms with Crippen LogP contribution in [0.15, 0.2) is 41.3 Å². The molecule has 2 heterocycles. The molecule has 2 aliphatic rings. The van der Waals surface area contributed by atoms with E-state index in [4.69, 9.17) is 16.3 Å². The highest BCUT2D eigenvalue weighted by molar-refractivity contribution is 7.89. The first-order chi connectivity index (χ1) is 15.8. The molecule has 0 atom stereocenters. The van der Waals surface area contributed by atoms with Gasteiger partial charge in [0, 0.05) is 37.3 Å². The van der Waals surface area contributed by atoms with Gasteiger partial charge in [0.25, 0.3) is 5.91 Å². The number of hydrogen-bond donors (Lipinski definition) is 1. The maximum absolute atomic E-state index is 13.2. The maximum Gasteiger partial charge on any atom is 0.255 e. The summed E-state index contributed by atoms with van der Waals surface area (Å²) in [6.07, 6.45) is 1.81. The van der Waals surface area contributed by atoms with Gasteiger partial charge in [-0.15, -0.1) is 0 Å². The number of nitrogens with zero attached hydrogens (tertiary/aromatic N) is 2. The van der Waals surface area contributed by atoms with Crippen molar-refractivity contribution in [2.75, 3.05) is 43.1 Å². The molecule has 2 aromatic carbocycles. The smallest absolute Gasteiger partial charge is 0.255 e. The fourth-order valence-electron chi connectivity index (χ4n) is 4.06. The predicted octanol–water partition coefficient (Wildman–Crippen LogP) is 3.30. The number of ether oxygens (including phenoxy) is 1. The monoisotopic (exact) mass is 491 g/mol. The van der Waals surface area contributed by atoms with Gasteiger partial charge in [0.2, 0.25) is 15.9 Å². The standard InChI is InChI=1S/C23H26ClN3O5S/c1-2-16-5-6-17(14-21(16)33(30,31)26-10-12-32-13-11-26)23(29)25-18-7-8-20(19(24)15-18)27-9-3-4-22(27)28/h5-8,14-15H,2-4,9-13H2,1H3,(H,25,29). The minimum absolute atomic E-state index is 0.0266. The lowest BCUT2D eigenvalue weighted by atomic mass is 10.1. The van der Waals surface area contributed by atoms with Crippen LogP contribution >= 0.6 is 11.6 Å². The van der Waals surface area contributed by atoms with Gasteiger partial charge in [-0.2, -0.15) is 4.31 Å². The molecular formula is C23H26ClN3O5S. The Balaban J connectivity index is 1.57. The molecule has 0 saturated carbocycles. The number of hydrogen-bond acceptors (Lipinski definition) is 5. The Labute approximate surface area is 198 Å². The summed E-state index contributed by atoms with van der Waals surface area (Å²) in [6.45, 7) is 3.76. The van der Waals surface area contributed by atoms with Crippen LogP contribution in [0.4, 0.5) is 11.4 Å². The summed E-state index contributed by atoms with van der Waals surface area (Å²) in [6, 6.07) is 9.69. The zero-order chi connectivity index (χ0) is 23.6. The molecule has 0 aromatic heterocycles. The number of halogens is 1. The van der Waals surface area contributed by atoms with Crippen molar-refractivity contribution in [1.29, 1.82) is 0 Å².